The molecule has 2 heterocycles. The molecule has 0 unspecified atom stereocenters. The van der Waals surface area contributed by atoms with Crippen molar-refractivity contribution in [3.05, 3.63) is 58.6 Å². The maximum Gasteiger partial charge on any atom is 0.282 e. The highest BCUT2D eigenvalue weighted by Gasteiger charge is 2.26. The Balaban J connectivity index is 1.77. The van der Waals surface area contributed by atoms with Crippen LogP contribution in [0.4, 0.5) is 0 Å². The minimum absolute atomic E-state index is 0.139. The van der Waals surface area contributed by atoms with Crippen LogP contribution >= 0.6 is 0 Å². The van der Waals surface area contributed by atoms with Gasteiger partial charge in [-0.1, -0.05) is 44.4 Å². The average Bonchev–Trinajstić information content (AvgIpc) is 3.06. The van der Waals surface area contributed by atoms with Crippen molar-refractivity contribution >= 4 is 5.91 Å². The standard InChI is InChI=1S/C22H26N4O2/c1-2-13-25-14-18(21(27)23-16-9-5-3-6-10-16)20-19(15-25)22(28)26(24-20)17-11-7-4-8-12-17/h4,7-8,11-12,14-16H,2-3,5-6,9-10,13H2,1H3,(H,23,27). The Morgan fingerprint density at radius 1 is 1.14 bits per heavy atom. The second-order valence-corrected chi connectivity index (χ2v) is 7.53. The summed E-state index contributed by atoms with van der Waals surface area (Å²) >= 11 is 0. The van der Waals surface area contributed by atoms with E-state index in [-0.39, 0.29) is 17.5 Å². The summed E-state index contributed by atoms with van der Waals surface area (Å²) in [5.41, 5.74) is 1.93. The van der Waals surface area contributed by atoms with Crippen molar-refractivity contribution in [2.24, 2.45) is 0 Å². The lowest BCUT2D eigenvalue weighted by molar-refractivity contribution is 0.0927. The van der Waals surface area contributed by atoms with Crippen LogP contribution in [0.3, 0.4) is 0 Å². The number of hydrogen-bond acceptors (Lipinski definition) is 3. The topological polar surface area (TPSA) is 68.9 Å². The quantitative estimate of drug-likeness (QED) is 0.737. The van der Waals surface area contributed by atoms with Gasteiger partial charge in [-0.15, -0.1) is 0 Å². The van der Waals surface area contributed by atoms with Crippen LogP contribution in [0.1, 0.15) is 55.8 Å². The van der Waals surface area contributed by atoms with Gasteiger partial charge in [0.25, 0.3) is 11.5 Å². The van der Waals surface area contributed by atoms with Gasteiger partial charge < -0.3 is 9.88 Å². The molecule has 1 fully saturated rings. The van der Waals surface area contributed by atoms with Gasteiger partial charge in [0.05, 0.1) is 16.8 Å². The van der Waals surface area contributed by atoms with Crippen molar-refractivity contribution in [3.8, 4) is 16.9 Å². The first-order valence-electron chi connectivity index (χ1n) is 10.2. The highest BCUT2D eigenvalue weighted by Crippen LogP contribution is 2.24. The van der Waals surface area contributed by atoms with Crippen LogP contribution < -0.4 is 10.9 Å². The van der Waals surface area contributed by atoms with Crippen molar-refractivity contribution in [2.75, 3.05) is 0 Å². The molecule has 0 bridgehead atoms. The fraction of sp³-hybridized carbons (Fsp3) is 0.409. The first kappa shape index (κ1) is 18.5. The Morgan fingerprint density at radius 2 is 1.89 bits per heavy atom. The highest BCUT2D eigenvalue weighted by atomic mass is 16.2. The van der Waals surface area contributed by atoms with E-state index in [0.29, 0.717) is 22.5 Å². The predicted molar refractivity (Wildman–Crippen MR) is 109 cm³/mol. The van der Waals surface area contributed by atoms with Crippen molar-refractivity contribution in [1.29, 1.82) is 0 Å². The Bertz CT molecular complexity index is 984. The summed E-state index contributed by atoms with van der Waals surface area (Å²) in [6.07, 6.45) is 10.1. The van der Waals surface area contributed by atoms with Crippen LogP contribution in [0.5, 0.6) is 0 Å². The first-order chi connectivity index (χ1) is 13.7. The molecule has 0 saturated heterocycles. The van der Waals surface area contributed by atoms with Gasteiger partial charge in [0, 0.05) is 25.0 Å². The lowest BCUT2D eigenvalue weighted by atomic mass is 9.95. The second-order valence-electron chi connectivity index (χ2n) is 7.53. The van der Waals surface area contributed by atoms with Crippen molar-refractivity contribution in [3.63, 3.8) is 0 Å². The number of fused-ring (bicyclic) bond motifs is 1. The fourth-order valence-corrected chi connectivity index (χ4v) is 3.97. The molecular formula is C22H26N4O2. The summed E-state index contributed by atoms with van der Waals surface area (Å²) in [5, 5.41) is 7.69. The number of rotatable bonds is 5. The number of aromatic nitrogens is 3. The van der Waals surface area contributed by atoms with Gasteiger partial charge in [-0.3, -0.25) is 9.59 Å². The zero-order valence-electron chi connectivity index (χ0n) is 16.2. The van der Waals surface area contributed by atoms with Crippen molar-refractivity contribution in [2.45, 2.75) is 58.0 Å². The van der Waals surface area contributed by atoms with Crippen LogP contribution in [-0.4, -0.2) is 26.3 Å². The number of carbonyl (C=O) groups is 1. The van der Waals surface area contributed by atoms with Gasteiger partial charge >= 0.3 is 0 Å². The van der Waals surface area contributed by atoms with Crippen molar-refractivity contribution < 1.29 is 4.79 Å². The summed E-state index contributed by atoms with van der Waals surface area (Å²) < 4.78 is 3.31. The van der Waals surface area contributed by atoms with Gasteiger partial charge in [0.2, 0.25) is 0 Å². The van der Waals surface area contributed by atoms with E-state index in [1.165, 1.54) is 11.1 Å². The van der Waals surface area contributed by atoms with Gasteiger partial charge in [-0.2, -0.15) is 9.78 Å². The van der Waals surface area contributed by atoms with E-state index in [0.717, 1.165) is 38.6 Å². The van der Waals surface area contributed by atoms with Gasteiger partial charge in [0.1, 0.15) is 5.69 Å². The maximum atomic E-state index is 13.1. The van der Waals surface area contributed by atoms with E-state index in [4.69, 9.17) is 0 Å². The molecule has 28 heavy (non-hydrogen) atoms. The number of carbonyl (C=O) groups excluding carboxylic acids is 1. The SMILES string of the molecule is CCCn1cc(C(=O)NC2CCCCC2)c2nn(-c3ccccc3)c(=O)c-2c1. The summed E-state index contributed by atoms with van der Waals surface area (Å²) in [6.45, 7) is 2.82. The molecular weight excluding hydrogens is 352 g/mol. The predicted octanol–water partition coefficient (Wildman–Crippen LogP) is 3.61. The third kappa shape index (κ3) is 3.59. The van der Waals surface area contributed by atoms with Crippen LogP contribution in [0.15, 0.2) is 47.5 Å². The summed E-state index contributed by atoms with van der Waals surface area (Å²) in [5.74, 6) is -0.139. The molecule has 6 nitrogen and oxygen atoms in total. The molecule has 1 aliphatic carbocycles. The third-order valence-corrected chi connectivity index (χ3v) is 5.39. The zero-order chi connectivity index (χ0) is 19.5. The molecule has 0 radical (unpaired) electrons. The number of hydrogen-bond donors (Lipinski definition) is 1. The molecule has 2 aliphatic heterocycles. The number of para-hydroxylation sites is 1. The van der Waals surface area contributed by atoms with E-state index in [1.807, 2.05) is 47.3 Å². The molecule has 0 spiro atoms. The Hall–Kier alpha value is -2.89. The maximum absolute atomic E-state index is 13.1. The number of aryl methyl sites for hydroxylation is 1. The van der Waals surface area contributed by atoms with E-state index >= 15 is 0 Å². The monoisotopic (exact) mass is 378 g/mol. The largest absolute Gasteiger partial charge is 0.353 e. The minimum atomic E-state index is -0.196. The molecule has 146 valence electrons. The van der Waals surface area contributed by atoms with Crippen molar-refractivity contribution in [1.82, 2.24) is 19.7 Å². The number of nitrogens with zero attached hydrogens (tertiary/aromatic N) is 3. The molecule has 4 rings (SSSR count). The normalized spacial score (nSPS) is 15.0. The van der Waals surface area contributed by atoms with Crippen LogP contribution in [0.2, 0.25) is 0 Å². The average molecular weight is 378 g/mol. The molecule has 6 heteroatoms. The number of benzene rings is 1. The van der Waals surface area contributed by atoms with E-state index in [2.05, 4.69) is 17.3 Å². The molecule has 1 aromatic carbocycles. The van der Waals surface area contributed by atoms with Crippen LogP contribution in [0.25, 0.3) is 16.9 Å². The summed E-state index contributed by atoms with van der Waals surface area (Å²) in [6, 6.07) is 9.53. The number of nitrogens with one attached hydrogen (secondary N) is 1. The van der Waals surface area contributed by atoms with Crippen LogP contribution in [-0.2, 0) is 6.54 Å². The molecule has 1 amide bonds. The summed E-state index contributed by atoms with van der Waals surface area (Å²) in [7, 11) is 0. The van der Waals surface area contributed by atoms with E-state index < -0.39 is 0 Å². The molecule has 3 aliphatic rings. The van der Waals surface area contributed by atoms with E-state index in [1.54, 1.807) is 0 Å². The lowest BCUT2D eigenvalue weighted by Crippen LogP contribution is -2.36. The van der Waals surface area contributed by atoms with E-state index in [9.17, 15) is 9.59 Å². The Labute approximate surface area is 164 Å². The second kappa shape index (κ2) is 8.00. The van der Waals surface area contributed by atoms with Gasteiger partial charge in [0.15, 0.2) is 0 Å². The molecule has 1 saturated carbocycles. The minimum Gasteiger partial charge on any atom is -0.353 e. The highest BCUT2D eigenvalue weighted by molar-refractivity contribution is 6.00. The fourth-order valence-electron chi connectivity index (χ4n) is 3.97. The summed E-state index contributed by atoms with van der Waals surface area (Å²) in [4.78, 5) is 26.1. The van der Waals surface area contributed by atoms with Gasteiger partial charge in [-0.05, 0) is 31.4 Å². The molecule has 0 aromatic heterocycles. The molecule has 1 aromatic rings. The first-order valence-corrected chi connectivity index (χ1v) is 10.2. The smallest absolute Gasteiger partial charge is 0.282 e. The van der Waals surface area contributed by atoms with Crippen LogP contribution in [0, 0.1) is 0 Å². The molecule has 1 N–H and O–H groups in total. The lowest BCUT2D eigenvalue weighted by Gasteiger charge is -2.23. The molecule has 0 atom stereocenters. The third-order valence-electron chi connectivity index (χ3n) is 5.39. The van der Waals surface area contributed by atoms with Gasteiger partial charge in [-0.25, -0.2) is 0 Å². The number of amides is 1. The Morgan fingerprint density at radius 3 is 2.61 bits per heavy atom. The number of pyridine rings is 1. The zero-order valence-corrected chi connectivity index (χ0v) is 16.2. The Kier molecular flexibility index (Phi) is 5.28.